The molecule has 0 bridgehead atoms. The highest BCUT2D eigenvalue weighted by Gasteiger charge is 2.41. The third-order valence-corrected chi connectivity index (χ3v) is 6.02. The molecule has 112 valence electrons. The fraction of sp³-hybridized carbons (Fsp3) is 1.00. The summed E-state index contributed by atoms with van der Waals surface area (Å²) in [5.74, 6) is 0. The molecule has 1 aliphatic heterocycles. The van der Waals surface area contributed by atoms with Crippen LogP contribution >= 0.6 is 0 Å². The zero-order chi connectivity index (χ0) is 13.9. The molecule has 1 aliphatic carbocycles. The zero-order valence-corrected chi connectivity index (χ0v) is 12.3. The first-order valence-corrected chi connectivity index (χ1v) is 8.42. The van der Waals surface area contributed by atoms with Gasteiger partial charge in [-0.3, -0.25) is 0 Å². The van der Waals surface area contributed by atoms with Gasteiger partial charge in [0.15, 0.2) is 0 Å². The second-order valence-corrected chi connectivity index (χ2v) is 7.27. The molecule has 1 heterocycles. The number of hydrogen-bond donors (Lipinski definition) is 1. The predicted octanol–water partition coefficient (Wildman–Crippen LogP) is 0.189. The topological polar surface area (TPSA) is 70.1 Å². The molecule has 0 aromatic rings. The van der Waals surface area contributed by atoms with Gasteiger partial charge in [0, 0.05) is 26.7 Å². The molecule has 2 unspecified atom stereocenters. The fourth-order valence-electron chi connectivity index (χ4n) is 2.94. The molecule has 0 amide bonds. The van der Waals surface area contributed by atoms with E-state index in [2.05, 4.69) is 0 Å². The summed E-state index contributed by atoms with van der Waals surface area (Å²) in [5.41, 5.74) is 0. The molecule has 2 rings (SSSR count). The Labute approximate surface area is 115 Å². The molecule has 0 spiro atoms. The van der Waals surface area contributed by atoms with Gasteiger partial charge in [-0.2, -0.15) is 17.0 Å². The number of morpholine rings is 1. The van der Waals surface area contributed by atoms with Gasteiger partial charge in [-0.05, 0) is 19.3 Å². The van der Waals surface area contributed by atoms with Crippen LogP contribution in [0.15, 0.2) is 0 Å². The van der Waals surface area contributed by atoms with E-state index in [0.717, 1.165) is 25.7 Å². The van der Waals surface area contributed by atoms with Crippen molar-refractivity contribution in [2.75, 3.05) is 33.4 Å². The minimum absolute atomic E-state index is 0.00895. The molecular weight excluding hydrogens is 268 g/mol. The number of ether oxygens (including phenoxy) is 1. The van der Waals surface area contributed by atoms with E-state index in [1.54, 1.807) is 11.4 Å². The van der Waals surface area contributed by atoms with Crippen molar-refractivity contribution in [2.45, 2.75) is 44.2 Å². The van der Waals surface area contributed by atoms with Gasteiger partial charge in [0.2, 0.25) is 0 Å². The maximum Gasteiger partial charge on any atom is 0.282 e. The van der Waals surface area contributed by atoms with Crippen LogP contribution < -0.4 is 0 Å². The standard InChI is InChI=1S/C12H24N2O4S/c1-13(7-4-9-15)19(16,17)14-8-10-18-12-6-3-2-5-11(12)14/h11-12,15H,2-10H2,1H3. The van der Waals surface area contributed by atoms with E-state index >= 15 is 0 Å². The molecule has 1 N–H and O–H groups in total. The Kier molecular flexibility index (Phi) is 5.19. The van der Waals surface area contributed by atoms with Crippen LogP contribution in [0.2, 0.25) is 0 Å². The first-order chi connectivity index (χ1) is 9.07. The summed E-state index contributed by atoms with van der Waals surface area (Å²) in [6, 6.07) is -0.0101. The Morgan fingerprint density at radius 3 is 2.84 bits per heavy atom. The van der Waals surface area contributed by atoms with Gasteiger partial charge in [0.1, 0.15) is 0 Å². The molecule has 1 saturated carbocycles. The van der Waals surface area contributed by atoms with Gasteiger partial charge in [-0.1, -0.05) is 12.8 Å². The van der Waals surface area contributed by atoms with Gasteiger partial charge in [0.05, 0.1) is 18.8 Å². The second kappa shape index (κ2) is 6.49. The van der Waals surface area contributed by atoms with E-state index < -0.39 is 10.2 Å². The molecule has 0 radical (unpaired) electrons. The van der Waals surface area contributed by atoms with Crippen LogP contribution in [-0.4, -0.2) is 67.6 Å². The molecular formula is C12H24N2O4S. The van der Waals surface area contributed by atoms with E-state index in [0.29, 0.717) is 26.1 Å². The van der Waals surface area contributed by atoms with Crippen LogP contribution in [0, 0.1) is 0 Å². The summed E-state index contributed by atoms with van der Waals surface area (Å²) >= 11 is 0. The third kappa shape index (κ3) is 3.28. The first-order valence-electron chi connectivity index (χ1n) is 7.03. The van der Waals surface area contributed by atoms with Crippen molar-refractivity contribution in [3.63, 3.8) is 0 Å². The van der Waals surface area contributed by atoms with Crippen LogP contribution in [0.3, 0.4) is 0 Å². The molecule has 1 saturated heterocycles. The Bertz CT molecular complexity index is 385. The highest BCUT2D eigenvalue weighted by atomic mass is 32.2. The number of hydrogen-bond acceptors (Lipinski definition) is 4. The maximum absolute atomic E-state index is 12.6. The van der Waals surface area contributed by atoms with Crippen LogP contribution in [0.1, 0.15) is 32.1 Å². The third-order valence-electron chi connectivity index (χ3n) is 4.00. The van der Waals surface area contributed by atoms with Gasteiger partial charge in [0.25, 0.3) is 10.2 Å². The molecule has 2 fully saturated rings. The summed E-state index contributed by atoms with van der Waals surface area (Å²) in [6.07, 6.45) is 4.55. The molecule has 2 aliphatic rings. The number of rotatable bonds is 5. The van der Waals surface area contributed by atoms with Gasteiger partial charge >= 0.3 is 0 Å². The average molecular weight is 292 g/mol. The minimum Gasteiger partial charge on any atom is -0.396 e. The maximum atomic E-state index is 12.6. The molecule has 7 heteroatoms. The van der Waals surface area contributed by atoms with Gasteiger partial charge in [-0.25, -0.2) is 0 Å². The Morgan fingerprint density at radius 2 is 2.11 bits per heavy atom. The lowest BCUT2D eigenvalue weighted by molar-refractivity contribution is -0.0600. The van der Waals surface area contributed by atoms with Crippen LogP contribution in [0.5, 0.6) is 0 Å². The van der Waals surface area contributed by atoms with E-state index in [4.69, 9.17) is 9.84 Å². The first kappa shape index (κ1) is 15.2. The normalized spacial score (nSPS) is 29.4. The zero-order valence-electron chi connectivity index (χ0n) is 11.5. The summed E-state index contributed by atoms with van der Waals surface area (Å²) in [5, 5.41) is 8.82. The predicted molar refractivity (Wildman–Crippen MR) is 72.0 cm³/mol. The van der Waals surface area contributed by atoms with Crippen molar-refractivity contribution in [1.29, 1.82) is 0 Å². The lowest BCUT2D eigenvalue weighted by Gasteiger charge is -2.43. The highest BCUT2D eigenvalue weighted by molar-refractivity contribution is 7.86. The van der Waals surface area contributed by atoms with Crippen molar-refractivity contribution in [1.82, 2.24) is 8.61 Å². The van der Waals surface area contributed by atoms with E-state index in [1.165, 1.54) is 4.31 Å². The van der Waals surface area contributed by atoms with Gasteiger partial charge < -0.3 is 9.84 Å². The number of fused-ring (bicyclic) bond motifs is 1. The summed E-state index contributed by atoms with van der Waals surface area (Å²) in [7, 11) is -1.85. The Morgan fingerprint density at radius 1 is 1.37 bits per heavy atom. The SMILES string of the molecule is CN(CCCO)S(=O)(=O)N1CCOC2CCCCC21. The van der Waals surface area contributed by atoms with Crippen molar-refractivity contribution in [3.8, 4) is 0 Å². The largest absolute Gasteiger partial charge is 0.396 e. The van der Waals surface area contributed by atoms with E-state index in [9.17, 15) is 8.42 Å². The Balaban J connectivity index is 2.09. The molecule has 6 nitrogen and oxygen atoms in total. The fourth-order valence-corrected chi connectivity index (χ4v) is 4.54. The lowest BCUT2D eigenvalue weighted by Crippen LogP contribution is -2.57. The lowest BCUT2D eigenvalue weighted by atomic mass is 9.91. The smallest absolute Gasteiger partial charge is 0.282 e. The van der Waals surface area contributed by atoms with Crippen molar-refractivity contribution >= 4 is 10.2 Å². The van der Waals surface area contributed by atoms with Crippen molar-refractivity contribution < 1.29 is 18.3 Å². The van der Waals surface area contributed by atoms with Crippen LogP contribution in [0.4, 0.5) is 0 Å². The highest BCUT2D eigenvalue weighted by Crippen LogP contribution is 2.30. The Hall–Kier alpha value is -0.210. The summed E-state index contributed by atoms with van der Waals surface area (Å²) in [4.78, 5) is 0. The van der Waals surface area contributed by atoms with E-state index in [-0.39, 0.29) is 18.8 Å². The van der Waals surface area contributed by atoms with Gasteiger partial charge in [-0.15, -0.1) is 0 Å². The molecule has 0 aromatic carbocycles. The molecule has 0 aromatic heterocycles. The monoisotopic (exact) mass is 292 g/mol. The van der Waals surface area contributed by atoms with E-state index in [1.807, 2.05) is 0 Å². The van der Waals surface area contributed by atoms with Crippen LogP contribution in [-0.2, 0) is 14.9 Å². The minimum atomic E-state index is -3.43. The van der Waals surface area contributed by atoms with Crippen molar-refractivity contribution in [2.24, 2.45) is 0 Å². The summed E-state index contributed by atoms with van der Waals surface area (Å²) < 4.78 is 33.8. The molecule has 19 heavy (non-hydrogen) atoms. The quantitative estimate of drug-likeness (QED) is 0.785. The average Bonchev–Trinajstić information content (AvgIpc) is 2.43. The number of aliphatic hydroxyl groups is 1. The number of nitrogens with zero attached hydrogens (tertiary/aromatic N) is 2. The number of aliphatic hydroxyl groups excluding tert-OH is 1. The van der Waals surface area contributed by atoms with Crippen LogP contribution in [0.25, 0.3) is 0 Å². The summed E-state index contributed by atoms with van der Waals surface area (Å²) in [6.45, 7) is 1.28. The molecule has 2 atom stereocenters. The second-order valence-electron chi connectivity index (χ2n) is 5.28. The van der Waals surface area contributed by atoms with Crippen molar-refractivity contribution in [3.05, 3.63) is 0 Å².